The molecular formula is C17H13Cl2NO2S. The summed E-state index contributed by atoms with van der Waals surface area (Å²) < 4.78 is 5.37. The molecule has 0 saturated heterocycles. The number of amides is 1. The van der Waals surface area contributed by atoms with Gasteiger partial charge in [0.2, 0.25) is 0 Å². The maximum Gasteiger partial charge on any atom is 0.264 e. The van der Waals surface area contributed by atoms with Crippen molar-refractivity contribution >= 4 is 40.4 Å². The number of furan rings is 1. The van der Waals surface area contributed by atoms with Crippen molar-refractivity contribution in [3.05, 3.63) is 80.4 Å². The molecule has 2 heterocycles. The summed E-state index contributed by atoms with van der Waals surface area (Å²) in [4.78, 5) is 15.1. The van der Waals surface area contributed by atoms with Crippen LogP contribution in [-0.2, 0) is 13.1 Å². The molecule has 0 aliphatic heterocycles. The van der Waals surface area contributed by atoms with Crippen molar-refractivity contribution in [1.82, 2.24) is 4.90 Å². The van der Waals surface area contributed by atoms with Gasteiger partial charge in [-0.15, -0.1) is 11.3 Å². The average molecular weight is 366 g/mol. The van der Waals surface area contributed by atoms with E-state index in [9.17, 15) is 4.79 Å². The number of carbonyl (C=O) groups excluding carboxylic acids is 1. The summed E-state index contributed by atoms with van der Waals surface area (Å²) in [6.07, 6.45) is 1.60. The Morgan fingerprint density at radius 3 is 2.65 bits per heavy atom. The highest BCUT2D eigenvalue weighted by Crippen LogP contribution is 2.24. The van der Waals surface area contributed by atoms with Gasteiger partial charge in [0.1, 0.15) is 5.76 Å². The van der Waals surface area contributed by atoms with Crippen LogP contribution in [0.2, 0.25) is 10.0 Å². The van der Waals surface area contributed by atoms with Crippen LogP contribution >= 0.6 is 34.5 Å². The Labute approximate surface area is 148 Å². The van der Waals surface area contributed by atoms with Crippen molar-refractivity contribution in [2.45, 2.75) is 13.1 Å². The number of rotatable bonds is 5. The molecule has 3 rings (SSSR count). The molecule has 1 aromatic carbocycles. The number of benzene rings is 1. The summed E-state index contributed by atoms with van der Waals surface area (Å²) in [5.74, 6) is 0.669. The number of hydrogen-bond acceptors (Lipinski definition) is 3. The Hall–Kier alpha value is -1.75. The number of carbonyl (C=O) groups is 1. The minimum absolute atomic E-state index is 0.0533. The molecule has 0 atom stereocenters. The van der Waals surface area contributed by atoms with Gasteiger partial charge in [-0.05, 0) is 41.3 Å². The molecule has 0 saturated carbocycles. The van der Waals surface area contributed by atoms with Gasteiger partial charge < -0.3 is 9.32 Å². The monoisotopic (exact) mass is 365 g/mol. The van der Waals surface area contributed by atoms with Crippen LogP contribution in [-0.4, -0.2) is 10.8 Å². The van der Waals surface area contributed by atoms with Crippen LogP contribution < -0.4 is 0 Å². The van der Waals surface area contributed by atoms with Gasteiger partial charge in [-0.25, -0.2) is 0 Å². The van der Waals surface area contributed by atoms with E-state index in [2.05, 4.69) is 0 Å². The summed E-state index contributed by atoms with van der Waals surface area (Å²) >= 11 is 13.6. The van der Waals surface area contributed by atoms with Gasteiger partial charge in [0.25, 0.3) is 5.91 Å². The quantitative estimate of drug-likeness (QED) is 0.598. The molecule has 118 valence electrons. The largest absolute Gasteiger partial charge is 0.467 e. The summed E-state index contributed by atoms with van der Waals surface area (Å²) in [5, 5.41) is 3.00. The minimum Gasteiger partial charge on any atom is -0.467 e. The number of thiophene rings is 1. The molecule has 0 bridgehead atoms. The van der Waals surface area contributed by atoms with Crippen molar-refractivity contribution in [2.75, 3.05) is 0 Å². The van der Waals surface area contributed by atoms with E-state index >= 15 is 0 Å². The molecule has 3 nitrogen and oxygen atoms in total. The molecule has 0 unspecified atom stereocenters. The third-order valence-corrected chi connectivity index (χ3v) is 4.77. The number of halogens is 2. The fourth-order valence-corrected chi connectivity index (χ4v) is 3.36. The molecule has 6 heteroatoms. The first-order valence-corrected chi connectivity index (χ1v) is 8.56. The summed E-state index contributed by atoms with van der Waals surface area (Å²) in [6.45, 7) is 0.760. The van der Waals surface area contributed by atoms with E-state index in [-0.39, 0.29) is 5.91 Å². The van der Waals surface area contributed by atoms with Crippen molar-refractivity contribution < 1.29 is 9.21 Å². The van der Waals surface area contributed by atoms with Gasteiger partial charge in [0.15, 0.2) is 0 Å². The van der Waals surface area contributed by atoms with Crippen LogP contribution in [0.1, 0.15) is 21.0 Å². The lowest BCUT2D eigenvalue weighted by molar-refractivity contribution is 0.0723. The predicted octanol–water partition coefficient (Wildman–Crippen LogP) is 5.49. The normalized spacial score (nSPS) is 10.7. The lowest BCUT2D eigenvalue weighted by Crippen LogP contribution is -2.29. The van der Waals surface area contributed by atoms with Gasteiger partial charge in [0.05, 0.1) is 17.7 Å². The zero-order chi connectivity index (χ0) is 16.2. The fraction of sp³-hybridized carbons (Fsp3) is 0.118. The second-order valence-corrected chi connectivity index (χ2v) is 6.74. The molecule has 3 aromatic rings. The van der Waals surface area contributed by atoms with Crippen LogP contribution in [0.3, 0.4) is 0 Å². The third-order valence-electron chi connectivity index (χ3n) is 3.32. The zero-order valence-electron chi connectivity index (χ0n) is 12.0. The van der Waals surface area contributed by atoms with E-state index in [0.29, 0.717) is 28.0 Å². The van der Waals surface area contributed by atoms with Crippen molar-refractivity contribution in [3.63, 3.8) is 0 Å². The van der Waals surface area contributed by atoms with Crippen LogP contribution in [0.15, 0.2) is 58.5 Å². The smallest absolute Gasteiger partial charge is 0.264 e. The molecule has 0 spiro atoms. The average Bonchev–Trinajstić information content (AvgIpc) is 3.21. The van der Waals surface area contributed by atoms with Gasteiger partial charge in [-0.2, -0.15) is 0 Å². The van der Waals surface area contributed by atoms with Crippen LogP contribution in [0.5, 0.6) is 0 Å². The van der Waals surface area contributed by atoms with E-state index in [4.69, 9.17) is 27.6 Å². The van der Waals surface area contributed by atoms with E-state index < -0.39 is 0 Å². The molecule has 0 aliphatic rings. The highest BCUT2D eigenvalue weighted by atomic mass is 35.5. The standard InChI is InChI=1S/C17H13Cl2NO2S/c18-13-6-5-12(15(19)9-13)10-20(11-14-3-1-7-22-14)17(21)16-4-2-8-23-16/h1-9H,10-11H2. The minimum atomic E-state index is -0.0533. The topological polar surface area (TPSA) is 33.5 Å². The maximum atomic E-state index is 12.7. The Morgan fingerprint density at radius 1 is 1.13 bits per heavy atom. The summed E-state index contributed by atoms with van der Waals surface area (Å²) in [6, 6.07) is 12.6. The molecule has 1 amide bonds. The molecule has 0 radical (unpaired) electrons. The number of hydrogen-bond donors (Lipinski definition) is 0. The highest BCUT2D eigenvalue weighted by Gasteiger charge is 2.19. The van der Waals surface area contributed by atoms with Gasteiger partial charge in [-0.1, -0.05) is 35.3 Å². The van der Waals surface area contributed by atoms with E-state index in [0.717, 1.165) is 11.3 Å². The molecule has 23 heavy (non-hydrogen) atoms. The van der Waals surface area contributed by atoms with E-state index in [1.165, 1.54) is 11.3 Å². The Kier molecular flexibility index (Phi) is 5.06. The summed E-state index contributed by atoms with van der Waals surface area (Å²) in [7, 11) is 0. The first-order chi connectivity index (χ1) is 11.1. The lowest BCUT2D eigenvalue weighted by atomic mass is 10.2. The molecule has 0 aliphatic carbocycles. The second-order valence-electron chi connectivity index (χ2n) is 4.95. The molecule has 0 N–H and O–H groups in total. The highest BCUT2D eigenvalue weighted by molar-refractivity contribution is 7.12. The zero-order valence-corrected chi connectivity index (χ0v) is 14.4. The van der Waals surface area contributed by atoms with Gasteiger partial charge in [-0.3, -0.25) is 4.79 Å². The van der Waals surface area contributed by atoms with Crippen LogP contribution in [0.25, 0.3) is 0 Å². The number of nitrogens with zero attached hydrogens (tertiary/aromatic N) is 1. The Bertz CT molecular complexity index is 785. The van der Waals surface area contributed by atoms with Crippen LogP contribution in [0.4, 0.5) is 0 Å². The van der Waals surface area contributed by atoms with Gasteiger partial charge >= 0.3 is 0 Å². The molecule has 0 fully saturated rings. The first-order valence-electron chi connectivity index (χ1n) is 6.92. The maximum absolute atomic E-state index is 12.7. The second kappa shape index (κ2) is 7.21. The fourth-order valence-electron chi connectivity index (χ4n) is 2.20. The molecular weight excluding hydrogens is 353 g/mol. The Balaban J connectivity index is 1.86. The predicted molar refractivity (Wildman–Crippen MR) is 93.1 cm³/mol. The molecule has 2 aromatic heterocycles. The van der Waals surface area contributed by atoms with E-state index in [1.54, 1.807) is 29.4 Å². The first kappa shape index (κ1) is 16.1. The summed E-state index contributed by atoms with van der Waals surface area (Å²) in [5.41, 5.74) is 0.840. The lowest BCUT2D eigenvalue weighted by Gasteiger charge is -2.22. The third kappa shape index (κ3) is 3.96. The van der Waals surface area contributed by atoms with Crippen molar-refractivity contribution in [1.29, 1.82) is 0 Å². The Morgan fingerprint density at radius 2 is 2.00 bits per heavy atom. The van der Waals surface area contributed by atoms with Gasteiger partial charge in [0, 0.05) is 16.6 Å². The van der Waals surface area contributed by atoms with Crippen LogP contribution in [0, 0.1) is 0 Å². The van der Waals surface area contributed by atoms with Crippen molar-refractivity contribution in [2.24, 2.45) is 0 Å². The van der Waals surface area contributed by atoms with E-state index in [1.807, 2.05) is 29.6 Å². The SMILES string of the molecule is O=C(c1cccs1)N(Cc1ccco1)Cc1ccc(Cl)cc1Cl. The van der Waals surface area contributed by atoms with Crippen molar-refractivity contribution in [3.8, 4) is 0 Å².